The van der Waals surface area contributed by atoms with Gasteiger partial charge in [-0.1, -0.05) is 6.42 Å². The van der Waals surface area contributed by atoms with Crippen LogP contribution in [0.3, 0.4) is 0 Å². The smallest absolute Gasteiger partial charge is 0.251 e. The normalized spacial score (nSPS) is 28.6. The third kappa shape index (κ3) is 2.63. The van der Waals surface area contributed by atoms with Crippen LogP contribution in [0, 0.1) is 17.8 Å². The number of fused-ring (bicyclic) bond motifs is 2. The van der Waals surface area contributed by atoms with E-state index in [1.165, 1.54) is 25.7 Å². The van der Waals surface area contributed by atoms with Crippen LogP contribution in [-0.2, 0) is 6.54 Å². The van der Waals surface area contributed by atoms with Crippen LogP contribution in [0.1, 0.15) is 41.7 Å². The van der Waals surface area contributed by atoms with Crippen LogP contribution >= 0.6 is 0 Å². The van der Waals surface area contributed by atoms with Gasteiger partial charge in [0.05, 0.1) is 5.69 Å². The zero-order valence-electron chi connectivity index (χ0n) is 11.1. The summed E-state index contributed by atoms with van der Waals surface area (Å²) in [5.74, 6) is 2.47. The number of carbonyl (C=O) groups is 1. The lowest BCUT2D eigenvalue weighted by Gasteiger charge is -2.21. The minimum absolute atomic E-state index is 0.000117. The maximum Gasteiger partial charge on any atom is 0.251 e. The molecule has 2 bridgehead atoms. The molecule has 19 heavy (non-hydrogen) atoms. The quantitative estimate of drug-likeness (QED) is 0.865. The van der Waals surface area contributed by atoms with Gasteiger partial charge >= 0.3 is 0 Å². The highest BCUT2D eigenvalue weighted by Gasteiger charge is 2.39. The van der Waals surface area contributed by atoms with E-state index in [0.29, 0.717) is 18.0 Å². The van der Waals surface area contributed by atoms with Crippen molar-refractivity contribution >= 4 is 5.91 Å². The molecule has 1 heterocycles. The van der Waals surface area contributed by atoms with E-state index in [1.54, 1.807) is 18.3 Å². The number of hydrogen-bond donors (Lipinski definition) is 2. The fraction of sp³-hybridized carbons (Fsp3) is 0.600. The fourth-order valence-corrected chi connectivity index (χ4v) is 3.68. The maximum atomic E-state index is 12.1. The number of nitrogens with two attached hydrogens (primary N) is 1. The number of rotatable bonds is 4. The molecule has 2 aliphatic rings. The molecule has 0 radical (unpaired) electrons. The SMILES string of the molecule is NCc1cc(C(=O)NCC2CC3CCC2C3)ccn1. The van der Waals surface area contributed by atoms with Gasteiger partial charge < -0.3 is 11.1 Å². The predicted molar refractivity (Wildman–Crippen MR) is 73.4 cm³/mol. The van der Waals surface area contributed by atoms with Gasteiger partial charge in [-0.15, -0.1) is 0 Å². The Balaban J connectivity index is 1.56. The van der Waals surface area contributed by atoms with E-state index < -0.39 is 0 Å². The van der Waals surface area contributed by atoms with E-state index >= 15 is 0 Å². The zero-order valence-corrected chi connectivity index (χ0v) is 11.1. The Bertz CT molecular complexity index is 474. The lowest BCUT2D eigenvalue weighted by atomic mass is 9.89. The van der Waals surface area contributed by atoms with Gasteiger partial charge in [-0.3, -0.25) is 9.78 Å². The van der Waals surface area contributed by atoms with Gasteiger partial charge in [-0.2, -0.15) is 0 Å². The number of amides is 1. The van der Waals surface area contributed by atoms with E-state index in [2.05, 4.69) is 10.3 Å². The summed E-state index contributed by atoms with van der Waals surface area (Å²) in [6.45, 7) is 1.19. The Hall–Kier alpha value is -1.42. The Kier molecular flexibility index (Phi) is 3.51. The molecule has 3 atom stereocenters. The number of pyridine rings is 1. The largest absolute Gasteiger partial charge is 0.352 e. The summed E-state index contributed by atoms with van der Waals surface area (Å²) in [4.78, 5) is 16.2. The predicted octanol–water partition coefficient (Wildman–Crippen LogP) is 1.71. The molecule has 3 unspecified atom stereocenters. The minimum atomic E-state index is -0.000117. The second kappa shape index (κ2) is 5.29. The Morgan fingerprint density at radius 3 is 3.00 bits per heavy atom. The second-order valence-electron chi connectivity index (χ2n) is 5.88. The van der Waals surface area contributed by atoms with E-state index in [0.717, 1.165) is 24.1 Å². The highest BCUT2D eigenvalue weighted by molar-refractivity contribution is 5.94. The highest BCUT2D eigenvalue weighted by Crippen LogP contribution is 2.47. The van der Waals surface area contributed by atoms with Crippen molar-refractivity contribution in [1.82, 2.24) is 10.3 Å². The van der Waals surface area contributed by atoms with Crippen molar-refractivity contribution in [3.05, 3.63) is 29.6 Å². The van der Waals surface area contributed by atoms with Gasteiger partial charge in [-0.25, -0.2) is 0 Å². The molecule has 0 aliphatic heterocycles. The molecular weight excluding hydrogens is 238 g/mol. The fourth-order valence-electron chi connectivity index (χ4n) is 3.68. The molecule has 1 aromatic heterocycles. The Morgan fingerprint density at radius 2 is 2.32 bits per heavy atom. The van der Waals surface area contributed by atoms with Crippen molar-refractivity contribution in [2.75, 3.05) is 6.54 Å². The molecule has 1 aromatic rings. The summed E-state index contributed by atoms with van der Waals surface area (Å²) >= 11 is 0. The molecule has 1 amide bonds. The molecular formula is C15H21N3O. The lowest BCUT2D eigenvalue weighted by Crippen LogP contribution is -2.31. The molecule has 3 rings (SSSR count). The summed E-state index contributed by atoms with van der Waals surface area (Å²) in [5.41, 5.74) is 6.96. The van der Waals surface area contributed by atoms with E-state index in [9.17, 15) is 4.79 Å². The van der Waals surface area contributed by atoms with Crippen molar-refractivity contribution in [3.8, 4) is 0 Å². The van der Waals surface area contributed by atoms with Gasteiger partial charge in [0.1, 0.15) is 0 Å². The summed E-state index contributed by atoms with van der Waals surface area (Å²) in [7, 11) is 0. The van der Waals surface area contributed by atoms with Gasteiger partial charge in [0, 0.05) is 24.8 Å². The molecule has 3 N–H and O–H groups in total. The molecule has 4 heteroatoms. The number of nitrogens with zero attached hydrogens (tertiary/aromatic N) is 1. The molecule has 0 aromatic carbocycles. The van der Waals surface area contributed by atoms with Crippen molar-refractivity contribution in [2.24, 2.45) is 23.5 Å². The summed E-state index contributed by atoms with van der Waals surface area (Å²) in [6, 6.07) is 3.52. The number of carbonyl (C=O) groups excluding carboxylic acids is 1. The number of aromatic nitrogens is 1. The lowest BCUT2D eigenvalue weighted by molar-refractivity contribution is 0.0941. The summed E-state index contributed by atoms with van der Waals surface area (Å²) in [6.07, 6.45) is 7.09. The van der Waals surface area contributed by atoms with Crippen LogP contribution < -0.4 is 11.1 Å². The van der Waals surface area contributed by atoms with Crippen molar-refractivity contribution in [3.63, 3.8) is 0 Å². The van der Waals surface area contributed by atoms with Gasteiger partial charge in [-0.05, 0) is 49.1 Å². The molecule has 0 spiro atoms. The highest BCUT2D eigenvalue weighted by atomic mass is 16.1. The van der Waals surface area contributed by atoms with Gasteiger partial charge in [0.25, 0.3) is 5.91 Å². The summed E-state index contributed by atoms with van der Waals surface area (Å²) < 4.78 is 0. The minimum Gasteiger partial charge on any atom is -0.352 e. The van der Waals surface area contributed by atoms with E-state index in [4.69, 9.17) is 5.73 Å². The average Bonchev–Trinajstić information content (AvgIpc) is 3.07. The molecule has 2 saturated carbocycles. The standard InChI is InChI=1S/C15H21N3O/c16-8-14-7-12(3-4-17-14)15(19)18-9-13-6-10-1-2-11(13)5-10/h3-4,7,10-11,13H,1-2,5-6,8-9,16H2,(H,18,19). The van der Waals surface area contributed by atoms with Crippen LogP contribution in [0.15, 0.2) is 18.3 Å². The van der Waals surface area contributed by atoms with Crippen molar-refractivity contribution in [1.29, 1.82) is 0 Å². The third-order valence-corrected chi connectivity index (χ3v) is 4.70. The van der Waals surface area contributed by atoms with Crippen LogP contribution in [0.25, 0.3) is 0 Å². The van der Waals surface area contributed by atoms with E-state index in [1.807, 2.05) is 0 Å². The molecule has 102 valence electrons. The average molecular weight is 259 g/mol. The number of nitrogens with one attached hydrogen (secondary N) is 1. The summed E-state index contributed by atoms with van der Waals surface area (Å²) in [5, 5.41) is 3.07. The van der Waals surface area contributed by atoms with Crippen molar-refractivity contribution in [2.45, 2.75) is 32.2 Å². The first-order chi connectivity index (χ1) is 9.26. The van der Waals surface area contributed by atoms with Crippen LogP contribution in [0.4, 0.5) is 0 Å². The first-order valence-electron chi connectivity index (χ1n) is 7.19. The van der Waals surface area contributed by atoms with Crippen LogP contribution in [0.2, 0.25) is 0 Å². The van der Waals surface area contributed by atoms with Crippen molar-refractivity contribution < 1.29 is 4.79 Å². The van der Waals surface area contributed by atoms with E-state index in [-0.39, 0.29) is 5.91 Å². The van der Waals surface area contributed by atoms with Gasteiger partial charge in [0.2, 0.25) is 0 Å². The monoisotopic (exact) mass is 259 g/mol. The molecule has 2 aliphatic carbocycles. The first-order valence-corrected chi connectivity index (χ1v) is 7.19. The zero-order chi connectivity index (χ0) is 13.2. The Labute approximate surface area is 113 Å². The Morgan fingerprint density at radius 1 is 1.42 bits per heavy atom. The van der Waals surface area contributed by atoms with Gasteiger partial charge in [0.15, 0.2) is 0 Å². The first kappa shape index (κ1) is 12.6. The topological polar surface area (TPSA) is 68.0 Å². The third-order valence-electron chi connectivity index (χ3n) is 4.70. The molecule has 0 saturated heterocycles. The molecule has 4 nitrogen and oxygen atoms in total. The second-order valence-corrected chi connectivity index (χ2v) is 5.88. The molecule has 2 fully saturated rings. The van der Waals surface area contributed by atoms with Crippen LogP contribution in [-0.4, -0.2) is 17.4 Å². The maximum absolute atomic E-state index is 12.1. The number of hydrogen-bond acceptors (Lipinski definition) is 3. The van der Waals surface area contributed by atoms with Crippen LogP contribution in [0.5, 0.6) is 0 Å².